The van der Waals surface area contributed by atoms with Gasteiger partial charge >= 0.3 is 5.97 Å². The van der Waals surface area contributed by atoms with Crippen molar-refractivity contribution in [2.75, 3.05) is 0 Å². The number of hydrogen-bond donors (Lipinski definition) is 0. The van der Waals surface area contributed by atoms with Crippen LogP contribution < -0.4 is 0 Å². The quantitative estimate of drug-likeness (QED) is 0.578. The third kappa shape index (κ3) is 3.46. The van der Waals surface area contributed by atoms with Crippen molar-refractivity contribution in [1.82, 2.24) is 0 Å². The molecule has 0 aromatic heterocycles. The van der Waals surface area contributed by atoms with Gasteiger partial charge in [0.05, 0.1) is 0 Å². The zero-order chi connectivity index (χ0) is 15.5. The van der Waals surface area contributed by atoms with E-state index in [4.69, 9.17) is 16.3 Å². The fourth-order valence-corrected chi connectivity index (χ4v) is 2.57. The van der Waals surface area contributed by atoms with Crippen molar-refractivity contribution in [2.45, 2.75) is 6.42 Å². The Morgan fingerprint density at radius 3 is 2.59 bits per heavy atom. The van der Waals surface area contributed by atoms with Crippen molar-refractivity contribution >= 4 is 45.5 Å². The Morgan fingerprint density at radius 1 is 1.14 bits per heavy atom. The highest BCUT2D eigenvalue weighted by Crippen LogP contribution is 2.22. The third-order valence-electron chi connectivity index (χ3n) is 3.13. The SMILES string of the molecule is O=C1OC(Cc2ccc(Cl)cc2)=N/C1=C\c1ccccc1Br. The molecular formula is C17H11BrClNO2. The smallest absolute Gasteiger partial charge is 0.363 e. The van der Waals surface area contributed by atoms with Crippen LogP contribution in [-0.4, -0.2) is 11.9 Å². The molecule has 0 unspecified atom stereocenters. The van der Waals surface area contributed by atoms with Crippen molar-refractivity contribution in [3.63, 3.8) is 0 Å². The highest BCUT2D eigenvalue weighted by Gasteiger charge is 2.23. The van der Waals surface area contributed by atoms with Crippen LogP contribution in [0.1, 0.15) is 11.1 Å². The molecule has 1 heterocycles. The second kappa shape index (κ2) is 6.46. The molecule has 0 fully saturated rings. The molecular weight excluding hydrogens is 366 g/mol. The number of ether oxygens (including phenoxy) is 1. The predicted molar refractivity (Wildman–Crippen MR) is 90.8 cm³/mol. The molecule has 3 rings (SSSR count). The fourth-order valence-electron chi connectivity index (χ4n) is 2.05. The minimum Gasteiger partial charge on any atom is -0.406 e. The fraction of sp³-hybridized carbons (Fsp3) is 0.0588. The topological polar surface area (TPSA) is 38.7 Å². The Hall–Kier alpha value is -1.91. The van der Waals surface area contributed by atoms with Crippen LogP contribution >= 0.6 is 27.5 Å². The molecule has 5 heteroatoms. The number of cyclic esters (lactones) is 1. The number of aliphatic imine (C=N–C) groups is 1. The van der Waals surface area contributed by atoms with E-state index in [1.165, 1.54) is 0 Å². The van der Waals surface area contributed by atoms with Gasteiger partial charge in [0, 0.05) is 15.9 Å². The molecule has 2 aromatic rings. The number of nitrogens with zero attached hydrogens (tertiary/aromatic N) is 1. The van der Waals surface area contributed by atoms with E-state index < -0.39 is 5.97 Å². The summed E-state index contributed by atoms with van der Waals surface area (Å²) in [4.78, 5) is 16.2. The number of esters is 1. The van der Waals surface area contributed by atoms with Crippen molar-refractivity contribution in [3.8, 4) is 0 Å². The van der Waals surface area contributed by atoms with Gasteiger partial charge < -0.3 is 4.74 Å². The van der Waals surface area contributed by atoms with E-state index in [1.54, 1.807) is 18.2 Å². The number of halogens is 2. The van der Waals surface area contributed by atoms with Crippen LogP contribution in [0, 0.1) is 0 Å². The first-order chi connectivity index (χ1) is 10.6. The summed E-state index contributed by atoms with van der Waals surface area (Å²) >= 11 is 9.29. The van der Waals surface area contributed by atoms with Gasteiger partial charge in [0.25, 0.3) is 0 Å². The lowest BCUT2D eigenvalue weighted by Crippen LogP contribution is -2.06. The second-order valence-corrected chi connectivity index (χ2v) is 6.04. The Labute approximate surface area is 141 Å². The molecule has 0 aliphatic carbocycles. The van der Waals surface area contributed by atoms with Gasteiger partial charge in [-0.1, -0.05) is 57.9 Å². The Bertz CT molecular complexity index is 782. The second-order valence-electron chi connectivity index (χ2n) is 4.75. The van der Waals surface area contributed by atoms with Gasteiger partial charge in [-0.15, -0.1) is 0 Å². The molecule has 22 heavy (non-hydrogen) atoms. The highest BCUT2D eigenvalue weighted by molar-refractivity contribution is 9.10. The van der Waals surface area contributed by atoms with Gasteiger partial charge in [0.2, 0.25) is 5.90 Å². The highest BCUT2D eigenvalue weighted by atomic mass is 79.9. The maximum atomic E-state index is 11.9. The molecule has 0 saturated heterocycles. The predicted octanol–water partition coefficient (Wildman–Crippen LogP) is 4.64. The number of rotatable bonds is 3. The molecule has 0 bridgehead atoms. The summed E-state index contributed by atoms with van der Waals surface area (Å²) in [6.45, 7) is 0. The largest absolute Gasteiger partial charge is 0.406 e. The van der Waals surface area contributed by atoms with Gasteiger partial charge in [0.1, 0.15) is 0 Å². The monoisotopic (exact) mass is 375 g/mol. The maximum absolute atomic E-state index is 11.9. The van der Waals surface area contributed by atoms with E-state index >= 15 is 0 Å². The summed E-state index contributed by atoms with van der Waals surface area (Å²) in [6, 6.07) is 15.0. The molecule has 1 aliphatic rings. The lowest BCUT2D eigenvalue weighted by atomic mass is 10.1. The van der Waals surface area contributed by atoms with Crippen LogP contribution in [-0.2, 0) is 16.0 Å². The zero-order valence-corrected chi connectivity index (χ0v) is 13.8. The normalized spacial score (nSPS) is 15.8. The van der Waals surface area contributed by atoms with Crippen LogP contribution in [0.15, 0.2) is 63.7 Å². The number of carbonyl (C=O) groups is 1. The van der Waals surface area contributed by atoms with Crippen molar-refractivity contribution in [2.24, 2.45) is 4.99 Å². The Kier molecular flexibility index (Phi) is 4.41. The maximum Gasteiger partial charge on any atom is 0.363 e. The van der Waals surface area contributed by atoms with Gasteiger partial charge in [-0.3, -0.25) is 0 Å². The molecule has 0 atom stereocenters. The molecule has 3 nitrogen and oxygen atoms in total. The van der Waals surface area contributed by atoms with E-state index in [9.17, 15) is 4.79 Å². The molecule has 1 aliphatic heterocycles. The first-order valence-electron chi connectivity index (χ1n) is 6.62. The number of hydrogen-bond acceptors (Lipinski definition) is 3. The summed E-state index contributed by atoms with van der Waals surface area (Å²) in [5, 5.41) is 0.670. The number of benzene rings is 2. The summed E-state index contributed by atoms with van der Waals surface area (Å²) in [5.41, 5.74) is 2.17. The first kappa shape index (κ1) is 15.0. The molecule has 2 aromatic carbocycles. The number of carbonyl (C=O) groups excluding carboxylic acids is 1. The van der Waals surface area contributed by atoms with Gasteiger partial charge in [-0.05, 0) is 35.4 Å². The minimum atomic E-state index is -0.431. The lowest BCUT2D eigenvalue weighted by Gasteiger charge is -2.00. The van der Waals surface area contributed by atoms with E-state index in [0.29, 0.717) is 23.0 Å². The molecule has 0 amide bonds. The molecule has 0 radical (unpaired) electrons. The van der Waals surface area contributed by atoms with E-state index in [2.05, 4.69) is 20.9 Å². The summed E-state index contributed by atoms with van der Waals surface area (Å²) in [5.74, 6) is -0.0367. The van der Waals surface area contributed by atoms with Gasteiger partial charge in [-0.2, -0.15) is 0 Å². The van der Waals surface area contributed by atoms with Crippen molar-refractivity contribution in [1.29, 1.82) is 0 Å². The standard InChI is InChI=1S/C17H11BrClNO2/c18-14-4-2-1-3-12(14)10-15-17(21)22-16(20-15)9-11-5-7-13(19)8-6-11/h1-8,10H,9H2/b15-10-. The van der Waals surface area contributed by atoms with Gasteiger partial charge in [0.15, 0.2) is 5.70 Å². The van der Waals surface area contributed by atoms with Crippen LogP contribution in [0.4, 0.5) is 0 Å². The van der Waals surface area contributed by atoms with Crippen molar-refractivity contribution < 1.29 is 9.53 Å². The minimum absolute atomic E-state index is 0.302. The van der Waals surface area contributed by atoms with Crippen LogP contribution in [0.2, 0.25) is 5.02 Å². The van der Waals surface area contributed by atoms with Crippen LogP contribution in [0.25, 0.3) is 6.08 Å². The summed E-state index contributed by atoms with van der Waals surface area (Å²) in [7, 11) is 0. The van der Waals surface area contributed by atoms with Gasteiger partial charge in [-0.25, -0.2) is 9.79 Å². The van der Waals surface area contributed by atoms with Crippen LogP contribution in [0.3, 0.4) is 0 Å². The summed E-state index contributed by atoms with van der Waals surface area (Å²) < 4.78 is 6.11. The Morgan fingerprint density at radius 2 is 1.86 bits per heavy atom. The van der Waals surface area contributed by atoms with Crippen LogP contribution in [0.5, 0.6) is 0 Å². The summed E-state index contributed by atoms with van der Waals surface area (Å²) in [6.07, 6.45) is 2.16. The molecule has 0 N–H and O–H groups in total. The van der Waals surface area contributed by atoms with E-state index in [-0.39, 0.29) is 0 Å². The molecule has 0 spiro atoms. The van der Waals surface area contributed by atoms with E-state index in [0.717, 1.165) is 15.6 Å². The van der Waals surface area contributed by atoms with E-state index in [1.807, 2.05) is 36.4 Å². The Balaban J connectivity index is 1.82. The van der Waals surface area contributed by atoms with Crippen molar-refractivity contribution in [3.05, 3.63) is 74.9 Å². The zero-order valence-electron chi connectivity index (χ0n) is 11.4. The first-order valence-corrected chi connectivity index (χ1v) is 7.79. The molecule has 0 saturated carbocycles. The molecule has 110 valence electrons. The lowest BCUT2D eigenvalue weighted by molar-refractivity contribution is -0.130. The average molecular weight is 377 g/mol. The average Bonchev–Trinajstić information content (AvgIpc) is 2.84. The third-order valence-corrected chi connectivity index (χ3v) is 4.10.